The highest BCUT2D eigenvalue weighted by Crippen LogP contribution is 2.32. The Morgan fingerprint density at radius 1 is 1.17 bits per heavy atom. The van der Waals surface area contributed by atoms with Gasteiger partial charge < -0.3 is 10.6 Å². The van der Waals surface area contributed by atoms with E-state index in [9.17, 15) is 10.1 Å². The van der Waals surface area contributed by atoms with Crippen molar-refractivity contribution in [3.8, 4) is 0 Å². The van der Waals surface area contributed by atoms with Crippen molar-refractivity contribution in [3.05, 3.63) is 52.5 Å². The molecular weight excluding hydrogens is 308 g/mol. The second-order valence-corrected chi connectivity index (χ2v) is 5.16. The molecular formula is C16H16N6O2. The number of benzene rings is 1. The molecule has 2 N–H and O–H groups in total. The molecule has 0 aliphatic heterocycles. The van der Waals surface area contributed by atoms with E-state index >= 15 is 0 Å². The van der Waals surface area contributed by atoms with Crippen LogP contribution in [0.4, 0.5) is 23.0 Å². The Morgan fingerprint density at radius 2 is 1.96 bits per heavy atom. The van der Waals surface area contributed by atoms with E-state index in [4.69, 9.17) is 0 Å². The minimum absolute atomic E-state index is 0.127. The van der Waals surface area contributed by atoms with E-state index in [0.29, 0.717) is 12.2 Å². The van der Waals surface area contributed by atoms with Crippen molar-refractivity contribution in [3.63, 3.8) is 0 Å². The molecule has 3 rings (SSSR count). The lowest BCUT2D eigenvalue weighted by atomic mass is 10.1. The first-order chi connectivity index (χ1) is 11.6. The van der Waals surface area contributed by atoms with Gasteiger partial charge in [-0.05, 0) is 26.0 Å². The van der Waals surface area contributed by atoms with E-state index in [-0.39, 0.29) is 17.3 Å². The predicted molar refractivity (Wildman–Crippen MR) is 92.6 cm³/mol. The molecule has 8 heteroatoms. The van der Waals surface area contributed by atoms with Gasteiger partial charge in [-0.2, -0.15) is 0 Å². The zero-order valence-corrected chi connectivity index (χ0v) is 13.3. The van der Waals surface area contributed by atoms with Crippen LogP contribution in [0.5, 0.6) is 0 Å². The Kier molecular flexibility index (Phi) is 4.19. The van der Waals surface area contributed by atoms with Crippen molar-refractivity contribution in [2.24, 2.45) is 0 Å². The zero-order valence-electron chi connectivity index (χ0n) is 13.3. The molecule has 0 spiro atoms. The predicted octanol–water partition coefficient (Wildman–Crippen LogP) is 3.42. The Balaban J connectivity index is 2.11. The number of anilines is 3. The van der Waals surface area contributed by atoms with Crippen LogP contribution in [-0.2, 0) is 0 Å². The van der Waals surface area contributed by atoms with Crippen molar-refractivity contribution in [2.45, 2.75) is 13.8 Å². The van der Waals surface area contributed by atoms with E-state index in [0.717, 1.165) is 16.6 Å². The number of pyridine rings is 1. The number of hydrogen-bond acceptors (Lipinski definition) is 7. The van der Waals surface area contributed by atoms with Crippen molar-refractivity contribution in [1.82, 2.24) is 15.0 Å². The maximum absolute atomic E-state index is 11.5. The third kappa shape index (κ3) is 2.94. The number of fused-ring (bicyclic) bond motifs is 1. The number of nitrogens with one attached hydrogen (secondary N) is 2. The average Bonchev–Trinajstić information content (AvgIpc) is 2.55. The van der Waals surface area contributed by atoms with Gasteiger partial charge in [0.1, 0.15) is 6.33 Å². The molecule has 0 saturated heterocycles. The maximum atomic E-state index is 11.5. The van der Waals surface area contributed by atoms with E-state index in [1.54, 1.807) is 0 Å². The quantitative estimate of drug-likeness (QED) is 0.547. The molecule has 0 aliphatic rings. The lowest BCUT2D eigenvalue weighted by Gasteiger charge is -2.11. The summed E-state index contributed by atoms with van der Waals surface area (Å²) in [7, 11) is 0. The first-order valence-corrected chi connectivity index (χ1v) is 7.46. The third-order valence-electron chi connectivity index (χ3n) is 3.46. The van der Waals surface area contributed by atoms with Crippen LogP contribution in [0.3, 0.4) is 0 Å². The highest BCUT2D eigenvalue weighted by atomic mass is 16.6. The molecule has 24 heavy (non-hydrogen) atoms. The molecule has 0 bridgehead atoms. The number of aromatic nitrogens is 3. The minimum atomic E-state index is -0.496. The van der Waals surface area contributed by atoms with E-state index in [1.165, 1.54) is 6.33 Å². The first kappa shape index (κ1) is 15.6. The molecule has 2 heterocycles. The zero-order chi connectivity index (χ0) is 17.1. The van der Waals surface area contributed by atoms with Crippen LogP contribution in [0.2, 0.25) is 0 Å². The van der Waals surface area contributed by atoms with Gasteiger partial charge >= 0.3 is 5.69 Å². The molecule has 0 unspecified atom stereocenters. The summed E-state index contributed by atoms with van der Waals surface area (Å²) in [5.74, 6) is 0.311. The van der Waals surface area contributed by atoms with Crippen LogP contribution in [0.1, 0.15) is 12.6 Å². The molecule has 0 aliphatic carbocycles. The van der Waals surface area contributed by atoms with Crippen LogP contribution in [0, 0.1) is 17.0 Å². The molecule has 0 saturated carbocycles. The maximum Gasteiger partial charge on any atom is 0.353 e. The van der Waals surface area contributed by atoms with E-state index in [2.05, 4.69) is 25.6 Å². The average molecular weight is 324 g/mol. The second kappa shape index (κ2) is 6.45. The standard InChI is InChI=1S/C16H16N6O2/c1-3-17-15-14(22(23)24)16(19-9-18-15)21-12-6-4-5-11-8-7-10(2)20-13(11)12/h4-9H,3H2,1-2H3,(H2,17,18,19,21). The van der Waals surface area contributed by atoms with Crippen LogP contribution < -0.4 is 10.6 Å². The number of nitro groups is 1. The highest BCUT2D eigenvalue weighted by molar-refractivity contribution is 5.93. The molecule has 122 valence electrons. The van der Waals surface area contributed by atoms with Gasteiger partial charge in [0, 0.05) is 17.6 Å². The smallest absolute Gasteiger partial charge is 0.353 e. The van der Waals surface area contributed by atoms with Gasteiger partial charge in [0.15, 0.2) is 0 Å². The molecule has 0 amide bonds. The van der Waals surface area contributed by atoms with Crippen molar-refractivity contribution >= 4 is 33.9 Å². The van der Waals surface area contributed by atoms with Gasteiger partial charge in [-0.15, -0.1) is 0 Å². The normalized spacial score (nSPS) is 10.6. The van der Waals surface area contributed by atoms with Gasteiger partial charge in [-0.1, -0.05) is 18.2 Å². The van der Waals surface area contributed by atoms with Gasteiger partial charge in [-0.3, -0.25) is 15.1 Å². The number of hydrogen-bond donors (Lipinski definition) is 2. The summed E-state index contributed by atoms with van der Waals surface area (Å²) in [6, 6.07) is 9.49. The third-order valence-corrected chi connectivity index (χ3v) is 3.46. The van der Waals surface area contributed by atoms with Crippen LogP contribution in [0.25, 0.3) is 10.9 Å². The van der Waals surface area contributed by atoms with Gasteiger partial charge in [0.2, 0.25) is 11.6 Å². The molecule has 8 nitrogen and oxygen atoms in total. The largest absolute Gasteiger partial charge is 0.364 e. The first-order valence-electron chi connectivity index (χ1n) is 7.46. The molecule has 1 aromatic carbocycles. The lowest BCUT2D eigenvalue weighted by molar-refractivity contribution is -0.383. The number of nitrogens with zero attached hydrogens (tertiary/aromatic N) is 4. The summed E-state index contributed by atoms with van der Waals surface area (Å²) in [4.78, 5) is 23.5. The Labute approximate surface area is 138 Å². The summed E-state index contributed by atoms with van der Waals surface area (Å²) < 4.78 is 0. The fraction of sp³-hybridized carbons (Fsp3) is 0.188. The van der Waals surface area contributed by atoms with Gasteiger partial charge in [0.05, 0.1) is 16.1 Å². The van der Waals surface area contributed by atoms with Crippen LogP contribution >= 0.6 is 0 Å². The highest BCUT2D eigenvalue weighted by Gasteiger charge is 2.23. The van der Waals surface area contributed by atoms with E-state index < -0.39 is 4.92 Å². The molecule has 0 fully saturated rings. The van der Waals surface area contributed by atoms with Crippen LogP contribution in [-0.4, -0.2) is 26.4 Å². The fourth-order valence-corrected chi connectivity index (χ4v) is 2.41. The molecule has 0 atom stereocenters. The minimum Gasteiger partial charge on any atom is -0.364 e. The van der Waals surface area contributed by atoms with Crippen LogP contribution in [0.15, 0.2) is 36.7 Å². The van der Waals surface area contributed by atoms with Gasteiger partial charge in [-0.25, -0.2) is 9.97 Å². The van der Waals surface area contributed by atoms with E-state index in [1.807, 2.05) is 44.2 Å². The monoisotopic (exact) mass is 324 g/mol. The number of rotatable bonds is 5. The molecule has 2 aromatic heterocycles. The Morgan fingerprint density at radius 3 is 2.71 bits per heavy atom. The summed E-state index contributed by atoms with van der Waals surface area (Å²) >= 11 is 0. The Bertz CT molecular complexity index is 912. The Hall–Kier alpha value is -3.29. The summed E-state index contributed by atoms with van der Waals surface area (Å²) in [6.07, 6.45) is 1.29. The second-order valence-electron chi connectivity index (χ2n) is 5.16. The van der Waals surface area contributed by atoms with Gasteiger partial charge in [0.25, 0.3) is 0 Å². The van der Waals surface area contributed by atoms with Crippen molar-refractivity contribution < 1.29 is 4.92 Å². The van der Waals surface area contributed by atoms with Crippen molar-refractivity contribution in [1.29, 1.82) is 0 Å². The lowest BCUT2D eigenvalue weighted by Crippen LogP contribution is -2.08. The summed E-state index contributed by atoms with van der Waals surface area (Å²) in [5.41, 5.74) is 2.06. The fourth-order valence-electron chi connectivity index (χ4n) is 2.41. The number of para-hydroxylation sites is 1. The molecule has 3 aromatic rings. The molecule has 0 radical (unpaired) electrons. The topological polar surface area (TPSA) is 106 Å². The summed E-state index contributed by atoms with van der Waals surface area (Å²) in [6.45, 7) is 4.26. The summed E-state index contributed by atoms with van der Waals surface area (Å²) in [5, 5.41) is 18.3. The van der Waals surface area contributed by atoms with Crippen molar-refractivity contribution in [2.75, 3.05) is 17.2 Å². The number of aryl methyl sites for hydroxylation is 1. The SMILES string of the molecule is CCNc1ncnc(Nc2cccc3ccc(C)nc23)c1[N+](=O)[O-].